The average Bonchev–Trinajstić information content (AvgIpc) is 2.47. The molecule has 23 heavy (non-hydrogen) atoms. The highest BCUT2D eigenvalue weighted by atomic mass is 35.5. The molecule has 0 aliphatic heterocycles. The number of hydrogen-bond acceptors (Lipinski definition) is 3. The van der Waals surface area contributed by atoms with E-state index in [0.717, 1.165) is 6.54 Å². The SMILES string of the molecule is CC(CN(C)Cc1ccccc1)OC(=O)c1cccc(F)c1.[Cl-]. The summed E-state index contributed by atoms with van der Waals surface area (Å²) in [5.74, 6) is -0.941. The lowest BCUT2D eigenvalue weighted by Crippen LogP contribution is -3.00. The molecule has 5 heteroatoms. The Morgan fingerprint density at radius 3 is 2.52 bits per heavy atom. The molecule has 1 unspecified atom stereocenters. The predicted molar refractivity (Wildman–Crippen MR) is 84.1 cm³/mol. The topological polar surface area (TPSA) is 29.5 Å². The number of likely N-dealkylation sites (N-methyl/N-ethyl adjacent to an activating group) is 1. The number of esters is 1. The van der Waals surface area contributed by atoms with Gasteiger partial charge in [-0.1, -0.05) is 36.4 Å². The highest BCUT2D eigenvalue weighted by molar-refractivity contribution is 5.89. The summed E-state index contributed by atoms with van der Waals surface area (Å²) in [6, 6.07) is 15.6. The molecule has 0 amide bonds. The molecule has 2 aromatic carbocycles. The minimum atomic E-state index is -0.500. The van der Waals surface area contributed by atoms with Crippen LogP contribution in [-0.2, 0) is 11.3 Å². The van der Waals surface area contributed by atoms with Gasteiger partial charge in [-0.3, -0.25) is 4.90 Å². The molecule has 0 saturated heterocycles. The van der Waals surface area contributed by atoms with Crippen molar-refractivity contribution in [2.24, 2.45) is 0 Å². The van der Waals surface area contributed by atoms with Crippen molar-refractivity contribution in [3.05, 3.63) is 71.5 Å². The van der Waals surface area contributed by atoms with Gasteiger partial charge in [0.1, 0.15) is 11.9 Å². The van der Waals surface area contributed by atoms with E-state index in [0.29, 0.717) is 6.54 Å². The minimum Gasteiger partial charge on any atom is -1.00 e. The van der Waals surface area contributed by atoms with E-state index in [1.165, 1.54) is 23.8 Å². The van der Waals surface area contributed by atoms with Crippen LogP contribution in [0.5, 0.6) is 0 Å². The minimum absolute atomic E-state index is 0. The van der Waals surface area contributed by atoms with Crippen LogP contribution < -0.4 is 12.4 Å². The maximum absolute atomic E-state index is 13.1. The van der Waals surface area contributed by atoms with E-state index < -0.39 is 11.8 Å². The van der Waals surface area contributed by atoms with E-state index in [1.54, 1.807) is 6.07 Å². The summed E-state index contributed by atoms with van der Waals surface area (Å²) in [6.07, 6.45) is -0.274. The van der Waals surface area contributed by atoms with Crippen molar-refractivity contribution in [3.63, 3.8) is 0 Å². The Balaban J connectivity index is 0.00000264. The van der Waals surface area contributed by atoms with Crippen molar-refractivity contribution in [2.75, 3.05) is 13.6 Å². The molecule has 0 saturated carbocycles. The molecule has 0 radical (unpaired) electrons. The van der Waals surface area contributed by atoms with Crippen molar-refractivity contribution in [3.8, 4) is 0 Å². The fourth-order valence-electron chi connectivity index (χ4n) is 2.30. The highest BCUT2D eigenvalue weighted by Crippen LogP contribution is 2.09. The predicted octanol–water partition coefficient (Wildman–Crippen LogP) is 0.507. The number of ether oxygens (including phenoxy) is 1. The molecule has 2 rings (SSSR count). The fraction of sp³-hybridized carbons (Fsp3) is 0.278. The fourth-order valence-corrected chi connectivity index (χ4v) is 2.30. The third-order valence-electron chi connectivity index (χ3n) is 3.23. The molecule has 0 spiro atoms. The number of hydrogen-bond donors (Lipinski definition) is 0. The lowest BCUT2D eigenvalue weighted by molar-refractivity contribution is -0.0000425. The molecule has 0 fully saturated rings. The van der Waals surface area contributed by atoms with Crippen molar-refractivity contribution in [2.45, 2.75) is 19.6 Å². The Morgan fingerprint density at radius 2 is 1.87 bits per heavy atom. The van der Waals surface area contributed by atoms with Gasteiger partial charge in [0.05, 0.1) is 5.56 Å². The van der Waals surface area contributed by atoms with Gasteiger partial charge in [0.25, 0.3) is 0 Å². The van der Waals surface area contributed by atoms with E-state index in [1.807, 2.05) is 32.2 Å². The lowest BCUT2D eigenvalue weighted by atomic mass is 10.2. The van der Waals surface area contributed by atoms with Crippen molar-refractivity contribution in [1.82, 2.24) is 4.90 Å². The second-order valence-electron chi connectivity index (χ2n) is 5.41. The normalized spacial score (nSPS) is 11.7. The summed E-state index contributed by atoms with van der Waals surface area (Å²) in [6.45, 7) is 3.22. The molecule has 3 nitrogen and oxygen atoms in total. The number of nitrogens with zero attached hydrogens (tertiary/aromatic N) is 1. The second kappa shape index (κ2) is 9.28. The molecule has 124 valence electrons. The van der Waals surface area contributed by atoms with Gasteiger partial charge in [-0.2, -0.15) is 0 Å². The van der Waals surface area contributed by atoms with Gasteiger partial charge in [-0.25, -0.2) is 9.18 Å². The summed E-state index contributed by atoms with van der Waals surface area (Å²) >= 11 is 0. The van der Waals surface area contributed by atoms with Gasteiger partial charge in [0, 0.05) is 13.1 Å². The van der Waals surface area contributed by atoms with Crippen LogP contribution in [0.15, 0.2) is 54.6 Å². The van der Waals surface area contributed by atoms with Gasteiger partial charge in [-0.05, 0) is 37.7 Å². The van der Waals surface area contributed by atoms with Crippen LogP contribution in [0.3, 0.4) is 0 Å². The molecular formula is C18H20ClFNO2-. The Bertz CT molecular complexity index is 621. The summed E-state index contributed by atoms with van der Waals surface area (Å²) < 4.78 is 18.5. The van der Waals surface area contributed by atoms with Gasteiger partial charge in [0.15, 0.2) is 0 Å². The number of halogens is 2. The molecule has 0 aromatic heterocycles. The van der Waals surface area contributed by atoms with Crippen molar-refractivity contribution < 1.29 is 26.3 Å². The average molecular weight is 337 g/mol. The highest BCUT2D eigenvalue weighted by Gasteiger charge is 2.14. The van der Waals surface area contributed by atoms with Crippen LogP contribution in [0, 0.1) is 5.82 Å². The molecule has 2 aromatic rings. The van der Waals surface area contributed by atoms with Crippen LogP contribution in [0.25, 0.3) is 0 Å². The summed E-state index contributed by atoms with van der Waals surface area (Å²) in [5, 5.41) is 0. The standard InChI is InChI=1S/C18H20FNO2.ClH/c1-14(12-20(2)13-15-7-4-3-5-8-15)22-18(21)16-9-6-10-17(19)11-16;/h3-11,14H,12-13H2,1-2H3;1H/p-1. The summed E-state index contributed by atoms with van der Waals surface area (Å²) in [4.78, 5) is 14.0. The maximum atomic E-state index is 13.1. The van der Waals surface area contributed by atoms with Crippen molar-refractivity contribution >= 4 is 5.97 Å². The van der Waals surface area contributed by atoms with Crippen LogP contribution in [0.2, 0.25) is 0 Å². The molecule has 1 atom stereocenters. The van der Waals surface area contributed by atoms with Crippen LogP contribution in [0.1, 0.15) is 22.8 Å². The third kappa shape index (κ3) is 6.38. The number of carbonyl (C=O) groups excluding carboxylic acids is 1. The molecule has 0 aliphatic rings. The Hall–Kier alpha value is -1.91. The van der Waals surface area contributed by atoms with E-state index in [-0.39, 0.29) is 24.1 Å². The van der Waals surface area contributed by atoms with Crippen LogP contribution in [0.4, 0.5) is 4.39 Å². The largest absolute Gasteiger partial charge is 1.00 e. The molecule has 0 bridgehead atoms. The first kappa shape index (κ1) is 19.1. The van der Waals surface area contributed by atoms with Gasteiger partial charge >= 0.3 is 5.97 Å². The van der Waals surface area contributed by atoms with Gasteiger partial charge in [-0.15, -0.1) is 0 Å². The number of carbonyl (C=O) groups is 1. The van der Waals surface area contributed by atoms with Crippen LogP contribution in [-0.4, -0.2) is 30.6 Å². The van der Waals surface area contributed by atoms with E-state index in [9.17, 15) is 9.18 Å². The first-order chi connectivity index (χ1) is 10.5. The maximum Gasteiger partial charge on any atom is 0.338 e. The lowest BCUT2D eigenvalue weighted by Gasteiger charge is -2.21. The third-order valence-corrected chi connectivity index (χ3v) is 3.23. The first-order valence-electron chi connectivity index (χ1n) is 7.23. The quantitative estimate of drug-likeness (QED) is 0.720. The molecular weight excluding hydrogens is 317 g/mol. The van der Waals surface area contributed by atoms with Gasteiger partial charge < -0.3 is 17.1 Å². The molecule has 0 N–H and O–H groups in total. The number of rotatable bonds is 6. The van der Waals surface area contributed by atoms with E-state index in [2.05, 4.69) is 17.0 Å². The smallest absolute Gasteiger partial charge is 0.338 e. The Kier molecular flexibility index (Phi) is 7.72. The first-order valence-corrected chi connectivity index (χ1v) is 7.23. The monoisotopic (exact) mass is 336 g/mol. The summed E-state index contributed by atoms with van der Waals surface area (Å²) in [7, 11) is 1.97. The Labute approximate surface area is 142 Å². The molecule has 0 heterocycles. The zero-order chi connectivity index (χ0) is 15.9. The number of benzene rings is 2. The Morgan fingerprint density at radius 1 is 1.17 bits per heavy atom. The van der Waals surface area contributed by atoms with E-state index in [4.69, 9.17) is 4.74 Å². The van der Waals surface area contributed by atoms with Crippen LogP contribution >= 0.6 is 0 Å². The summed E-state index contributed by atoms with van der Waals surface area (Å²) in [5.41, 5.74) is 1.44. The second-order valence-corrected chi connectivity index (χ2v) is 5.41. The van der Waals surface area contributed by atoms with Crippen molar-refractivity contribution in [1.29, 1.82) is 0 Å². The molecule has 0 aliphatic carbocycles. The van der Waals surface area contributed by atoms with E-state index >= 15 is 0 Å². The zero-order valence-corrected chi connectivity index (χ0v) is 14.0. The zero-order valence-electron chi connectivity index (χ0n) is 13.2. The van der Waals surface area contributed by atoms with Gasteiger partial charge in [0.2, 0.25) is 0 Å².